The van der Waals surface area contributed by atoms with E-state index in [1.165, 1.54) is 19.3 Å². The highest BCUT2D eigenvalue weighted by molar-refractivity contribution is 4.85. The van der Waals surface area contributed by atoms with Crippen molar-refractivity contribution in [1.29, 1.82) is 0 Å². The Morgan fingerprint density at radius 2 is 1.82 bits per heavy atom. The molecule has 1 radical (unpaired) electrons. The van der Waals surface area contributed by atoms with Gasteiger partial charge in [-0.05, 0) is 24.7 Å². The Kier molecular flexibility index (Phi) is 5.27. The fourth-order valence-electron chi connectivity index (χ4n) is 0.817. The van der Waals surface area contributed by atoms with Crippen LogP contribution in [0.5, 0.6) is 0 Å². The summed E-state index contributed by atoms with van der Waals surface area (Å²) in [5.74, 6) is 0. The Balaban J connectivity index is 3.30. The molecule has 0 rings (SSSR count). The van der Waals surface area contributed by atoms with Crippen LogP contribution in [0.2, 0.25) is 0 Å². The summed E-state index contributed by atoms with van der Waals surface area (Å²) in [4.78, 5) is 0. The largest absolute Gasteiger partial charge is 0.0885 e. The monoisotopic (exact) mass is 153 g/mol. The Morgan fingerprint density at radius 1 is 1.18 bits per heavy atom. The van der Waals surface area contributed by atoms with Crippen molar-refractivity contribution >= 4 is 0 Å². The molecule has 0 bridgehead atoms. The zero-order valence-electron chi connectivity index (χ0n) is 8.19. The molecule has 0 N–H and O–H groups in total. The molecule has 0 amide bonds. The van der Waals surface area contributed by atoms with Gasteiger partial charge < -0.3 is 0 Å². The van der Waals surface area contributed by atoms with Crippen molar-refractivity contribution < 1.29 is 0 Å². The second-order valence-corrected chi connectivity index (χ2v) is 4.23. The van der Waals surface area contributed by atoms with E-state index in [1.807, 2.05) is 0 Å². The normalized spacial score (nSPS) is 12.7. The summed E-state index contributed by atoms with van der Waals surface area (Å²) >= 11 is 0. The number of allylic oxidation sites excluding steroid dienone is 2. The number of hydrogen-bond donors (Lipinski definition) is 0. The Hall–Kier alpha value is -0.260. The summed E-state index contributed by atoms with van der Waals surface area (Å²) in [6, 6.07) is 0. The average Bonchev–Trinajstić information content (AvgIpc) is 1.85. The van der Waals surface area contributed by atoms with Crippen LogP contribution < -0.4 is 0 Å². The molecule has 0 spiro atoms. The highest BCUT2D eigenvalue weighted by Gasteiger charge is 2.05. The number of unbranched alkanes of at least 4 members (excludes halogenated alkanes) is 2. The van der Waals surface area contributed by atoms with Crippen molar-refractivity contribution in [1.82, 2.24) is 0 Å². The minimum absolute atomic E-state index is 0.445. The van der Waals surface area contributed by atoms with Gasteiger partial charge in [0, 0.05) is 0 Å². The lowest BCUT2D eigenvalue weighted by Crippen LogP contribution is -2.01. The van der Waals surface area contributed by atoms with E-state index in [-0.39, 0.29) is 0 Å². The summed E-state index contributed by atoms with van der Waals surface area (Å²) in [7, 11) is 0. The quantitative estimate of drug-likeness (QED) is 0.423. The minimum Gasteiger partial charge on any atom is -0.0885 e. The smallest absolute Gasteiger partial charge is 0.0302 e. The zero-order chi connectivity index (χ0) is 8.74. The van der Waals surface area contributed by atoms with Gasteiger partial charge in [-0.15, -0.1) is 0 Å². The molecule has 0 saturated carbocycles. The lowest BCUT2D eigenvalue weighted by atomic mass is 9.92. The maximum absolute atomic E-state index is 3.80. The lowest BCUT2D eigenvalue weighted by Gasteiger charge is -2.14. The van der Waals surface area contributed by atoms with Gasteiger partial charge in [0.1, 0.15) is 0 Å². The van der Waals surface area contributed by atoms with Crippen molar-refractivity contribution in [2.45, 2.75) is 46.5 Å². The van der Waals surface area contributed by atoms with Gasteiger partial charge in [0.05, 0.1) is 0 Å². The third kappa shape index (κ3) is 9.74. The van der Waals surface area contributed by atoms with Crippen molar-refractivity contribution in [2.24, 2.45) is 5.41 Å². The molecular weight excluding hydrogens is 132 g/mol. The van der Waals surface area contributed by atoms with Gasteiger partial charge in [-0.2, -0.15) is 0 Å². The molecule has 0 aromatic rings. The van der Waals surface area contributed by atoms with E-state index in [0.29, 0.717) is 5.41 Å². The second-order valence-electron chi connectivity index (χ2n) is 4.23. The van der Waals surface area contributed by atoms with Crippen LogP contribution in [0.1, 0.15) is 46.5 Å². The highest BCUT2D eigenvalue weighted by Crippen LogP contribution is 2.18. The van der Waals surface area contributed by atoms with Crippen LogP contribution in [0.15, 0.2) is 12.2 Å². The zero-order valence-corrected chi connectivity index (χ0v) is 8.19. The maximum atomic E-state index is 3.80. The molecule has 0 aliphatic carbocycles. The molecule has 0 heterocycles. The summed E-state index contributed by atoms with van der Waals surface area (Å²) in [5.41, 5.74) is 0.445. The van der Waals surface area contributed by atoms with E-state index in [4.69, 9.17) is 0 Å². The van der Waals surface area contributed by atoms with Crippen LogP contribution >= 0.6 is 0 Å². The number of rotatable bonds is 4. The maximum Gasteiger partial charge on any atom is -0.0302 e. The van der Waals surface area contributed by atoms with E-state index >= 15 is 0 Å². The Labute approximate surface area is 71.7 Å². The molecule has 0 aliphatic heterocycles. The molecule has 0 unspecified atom stereocenters. The third-order valence-electron chi connectivity index (χ3n) is 1.52. The first kappa shape index (κ1) is 10.7. The van der Waals surface area contributed by atoms with Gasteiger partial charge in [0.15, 0.2) is 0 Å². The molecule has 65 valence electrons. The van der Waals surface area contributed by atoms with Crippen LogP contribution in [-0.4, -0.2) is 0 Å². The van der Waals surface area contributed by atoms with Crippen LogP contribution in [0.25, 0.3) is 0 Å². The van der Waals surface area contributed by atoms with Gasteiger partial charge in [-0.25, -0.2) is 0 Å². The predicted octanol–water partition coefficient (Wildman–Crippen LogP) is 3.98. The molecule has 0 fully saturated rings. The van der Waals surface area contributed by atoms with Crippen molar-refractivity contribution in [3.8, 4) is 0 Å². The number of hydrogen-bond acceptors (Lipinski definition) is 0. The van der Waals surface area contributed by atoms with Crippen molar-refractivity contribution in [2.75, 3.05) is 0 Å². The summed E-state index contributed by atoms with van der Waals surface area (Å²) in [6.45, 7) is 10.6. The van der Waals surface area contributed by atoms with Crippen LogP contribution in [0.3, 0.4) is 0 Å². The highest BCUT2D eigenvalue weighted by atomic mass is 14.1. The van der Waals surface area contributed by atoms with E-state index in [0.717, 1.165) is 6.42 Å². The molecule has 0 aromatic carbocycles. The fourth-order valence-corrected chi connectivity index (χ4v) is 0.817. The van der Waals surface area contributed by atoms with Crippen molar-refractivity contribution in [3.63, 3.8) is 0 Å². The summed E-state index contributed by atoms with van der Waals surface area (Å²) in [6.07, 6.45) is 9.22. The van der Waals surface area contributed by atoms with E-state index in [2.05, 4.69) is 39.8 Å². The predicted molar refractivity (Wildman–Crippen MR) is 52.4 cm³/mol. The second kappa shape index (κ2) is 5.40. The first-order valence-electron chi connectivity index (χ1n) is 4.50. The fraction of sp³-hybridized carbons (Fsp3) is 0.727. The van der Waals surface area contributed by atoms with Gasteiger partial charge in [-0.1, -0.05) is 46.3 Å². The SMILES string of the molecule is [CH2]CCCC=CCC(C)(C)C. The van der Waals surface area contributed by atoms with Gasteiger partial charge in [-0.3, -0.25) is 0 Å². The first-order chi connectivity index (χ1) is 5.06. The lowest BCUT2D eigenvalue weighted by molar-refractivity contribution is 0.420. The average molecular weight is 153 g/mol. The van der Waals surface area contributed by atoms with Crippen molar-refractivity contribution in [3.05, 3.63) is 19.1 Å². The Morgan fingerprint density at radius 3 is 2.27 bits per heavy atom. The summed E-state index contributed by atoms with van der Waals surface area (Å²) < 4.78 is 0. The van der Waals surface area contributed by atoms with Crippen LogP contribution in [0.4, 0.5) is 0 Å². The van der Waals surface area contributed by atoms with E-state index in [9.17, 15) is 0 Å². The molecule has 11 heavy (non-hydrogen) atoms. The molecular formula is C11H21. The Bertz CT molecular complexity index is 104. The van der Waals surface area contributed by atoms with Gasteiger partial charge in [0.2, 0.25) is 0 Å². The third-order valence-corrected chi connectivity index (χ3v) is 1.52. The van der Waals surface area contributed by atoms with E-state index in [1.54, 1.807) is 0 Å². The minimum atomic E-state index is 0.445. The topological polar surface area (TPSA) is 0 Å². The molecule has 0 aliphatic rings. The van der Waals surface area contributed by atoms with Gasteiger partial charge >= 0.3 is 0 Å². The van der Waals surface area contributed by atoms with Gasteiger partial charge in [0.25, 0.3) is 0 Å². The van der Waals surface area contributed by atoms with Crippen LogP contribution in [-0.2, 0) is 0 Å². The molecule has 0 aromatic heterocycles. The van der Waals surface area contributed by atoms with Crippen LogP contribution in [0, 0.1) is 12.3 Å². The molecule has 0 saturated heterocycles. The first-order valence-corrected chi connectivity index (χ1v) is 4.50. The standard InChI is InChI=1S/C11H21/c1-5-6-7-8-9-10-11(2,3)4/h8-9H,1,5-7,10H2,2-4H3. The van der Waals surface area contributed by atoms with E-state index < -0.39 is 0 Å². The molecule has 0 nitrogen and oxygen atoms in total. The summed E-state index contributed by atoms with van der Waals surface area (Å²) in [5, 5.41) is 0. The molecule has 0 heteroatoms. The molecule has 0 atom stereocenters.